The number of carbonyl (C=O) groups is 1. The van der Waals surface area contributed by atoms with Crippen molar-refractivity contribution in [2.45, 2.75) is 37.0 Å². The lowest BCUT2D eigenvalue weighted by molar-refractivity contribution is 0.0922. The lowest BCUT2D eigenvalue weighted by Gasteiger charge is -2.31. The number of thioether (sulfide) groups is 1. The molecule has 3 heterocycles. The molecule has 4 rings (SSSR count). The largest absolute Gasteiger partial charge is 0.459 e. The SMILES string of the molecule is CC1CCN(c2ccc(CNC(=O)c3occc3CSc3ccccc3)cn2)CC1. The number of piperidine rings is 1. The summed E-state index contributed by atoms with van der Waals surface area (Å²) in [5.41, 5.74) is 1.87. The number of nitrogens with zero attached hydrogens (tertiary/aromatic N) is 2. The average Bonchev–Trinajstić information content (AvgIpc) is 3.26. The fourth-order valence-electron chi connectivity index (χ4n) is 3.54. The van der Waals surface area contributed by atoms with Crippen molar-refractivity contribution in [2.75, 3.05) is 18.0 Å². The number of hydrogen-bond donors (Lipinski definition) is 1. The van der Waals surface area contributed by atoms with Crippen LogP contribution in [-0.4, -0.2) is 24.0 Å². The number of furan rings is 1. The molecule has 5 nitrogen and oxygen atoms in total. The number of aromatic nitrogens is 1. The van der Waals surface area contributed by atoms with Gasteiger partial charge in [0.05, 0.1) is 6.26 Å². The Bertz CT molecular complexity index is 948. The zero-order chi connectivity index (χ0) is 20.8. The standard InChI is InChI=1S/C24H27N3O2S/c1-18-9-12-27(13-10-18)22-8-7-19(15-25-22)16-26-24(28)23-20(11-14-29-23)17-30-21-5-3-2-4-6-21/h2-8,11,14-15,18H,9-10,12-13,16-17H2,1H3,(H,26,28). The number of benzene rings is 1. The first-order chi connectivity index (χ1) is 14.7. The highest BCUT2D eigenvalue weighted by molar-refractivity contribution is 7.98. The molecular weight excluding hydrogens is 394 g/mol. The molecule has 6 heteroatoms. The summed E-state index contributed by atoms with van der Waals surface area (Å²) >= 11 is 1.68. The normalized spacial score (nSPS) is 14.6. The Labute approximate surface area is 181 Å². The van der Waals surface area contributed by atoms with Crippen molar-refractivity contribution < 1.29 is 9.21 Å². The van der Waals surface area contributed by atoms with Gasteiger partial charge in [-0.05, 0) is 48.6 Å². The second-order valence-electron chi connectivity index (χ2n) is 7.75. The summed E-state index contributed by atoms with van der Waals surface area (Å²) < 4.78 is 5.46. The van der Waals surface area contributed by atoms with E-state index in [4.69, 9.17) is 4.42 Å². The van der Waals surface area contributed by atoms with E-state index in [-0.39, 0.29) is 5.91 Å². The number of rotatable bonds is 7. The molecule has 1 N–H and O–H groups in total. The van der Waals surface area contributed by atoms with Crippen LogP contribution < -0.4 is 10.2 Å². The van der Waals surface area contributed by atoms with Gasteiger partial charge >= 0.3 is 0 Å². The Hall–Kier alpha value is -2.73. The van der Waals surface area contributed by atoms with E-state index in [0.717, 1.165) is 36.0 Å². The van der Waals surface area contributed by atoms with Crippen LogP contribution in [0.4, 0.5) is 5.82 Å². The van der Waals surface area contributed by atoms with E-state index in [2.05, 4.69) is 34.3 Å². The van der Waals surface area contributed by atoms with Gasteiger partial charge in [0.15, 0.2) is 5.76 Å². The third-order valence-electron chi connectivity index (χ3n) is 5.46. The van der Waals surface area contributed by atoms with Crippen LogP contribution in [0, 0.1) is 5.92 Å². The molecule has 156 valence electrons. The van der Waals surface area contributed by atoms with Gasteiger partial charge in [-0.2, -0.15) is 0 Å². The second kappa shape index (κ2) is 9.85. The molecule has 1 aliphatic heterocycles. The van der Waals surface area contributed by atoms with Crippen molar-refractivity contribution in [2.24, 2.45) is 5.92 Å². The first-order valence-corrected chi connectivity index (χ1v) is 11.4. The lowest BCUT2D eigenvalue weighted by Crippen LogP contribution is -2.33. The van der Waals surface area contributed by atoms with Crippen LogP contribution in [-0.2, 0) is 12.3 Å². The number of carbonyl (C=O) groups excluding carboxylic acids is 1. The van der Waals surface area contributed by atoms with E-state index >= 15 is 0 Å². The quantitative estimate of drug-likeness (QED) is 0.536. The summed E-state index contributed by atoms with van der Waals surface area (Å²) in [5, 5.41) is 2.95. The predicted molar refractivity (Wildman–Crippen MR) is 121 cm³/mol. The van der Waals surface area contributed by atoms with E-state index in [1.165, 1.54) is 17.7 Å². The number of hydrogen-bond acceptors (Lipinski definition) is 5. The highest BCUT2D eigenvalue weighted by atomic mass is 32.2. The summed E-state index contributed by atoms with van der Waals surface area (Å²) in [6.45, 7) is 4.86. The maximum Gasteiger partial charge on any atom is 0.287 e. The smallest absolute Gasteiger partial charge is 0.287 e. The zero-order valence-electron chi connectivity index (χ0n) is 17.2. The molecule has 0 bridgehead atoms. The van der Waals surface area contributed by atoms with Crippen molar-refractivity contribution >= 4 is 23.5 Å². The molecule has 0 radical (unpaired) electrons. The summed E-state index contributed by atoms with van der Waals surface area (Å²) in [6, 6.07) is 16.1. The van der Waals surface area contributed by atoms with Gasteiger partial charge in [0, 0.05) is 42.0 Å². The Morgan fingerprint density at radius 1 is 1.17 bits per heavy atom. The van der Waals surface area contributed by atoms with Gasteiger partial charge in [0.25, 0.3) is 5.91 Å². The van der Waals surface area contributed by atoms with E-state index in [9.17, 15) is 4.79 Å². The minimum Gasteiger partial charge on any atom is -0.459 e. The molecule has 0 unspecified atom stereocenters. The minimum atomic E-state index is -0.197. The summed E-state index contributed by atoms with van der Waals surface area (Å²) in [6.07, 6.45) is 5.86. The van der Waals surface area contributed by atoms with Gasteiger partial charge in [-0.25, -0.2) is 4.98 Å². The molecule has 2 aromatic heterocycles. The molecule has 1 aromatic carbocycles. The molecular formula is C24H27N3O2S. The van der Waals surface area contributed by atoms with Crippen molar-refractivity contribution in [1.82, 2.24) is 10.3 Å². The summed E-state index contributed by atoms with van der Waals surface area (Å²) in [4.78, 5) is 20.7. The molecule has 3 aromatic rings. The number of nitrogens with one attached hydrogen (secondary N) is 1. The Morgan fingerprint density at radius 2 is 1.97 bits per heavy atom. The molecule has 30 heavy (non-hydrogen) atoms. The van der Waals surface area contributed by atoms with Gasteiger partial charge in [-0.15, -0.1) is 11.8 Å². The van der Waals surface area contributed by atoms with Crippen LogP contribution in [0.3, 0.4) is 0 Å². The van der Waals surface area contributed by atoms with Crippen LogP contribution in [0.1, 0.15) is 41.4 Å². The van der Waals surface area contributed by atoms with E-state index in [1.807, 2.05) is 42.6 Å². The monoisotopic (exact) mass is 421 g/mol. The minimum absolute atomic E-state index is 0.197. The maximum atomic E-state index is 12.6. The molecule has 0 atom stereocenters. The van der Waals surface area contributed by atoms with Crippen LogP contribution in [0.2, 0.25) is 0 Å². The van der Waals surface area contributed by atoms with Gasteiger partial charge in [0.1, 0.15) is 5.82 Å². The number of anilines is 1. The van der Waals surface area contributed by atoms with E-state index in [0.29, 0.717) is 18.1 Å². The molecule has 0 spiro atoms. The van der Waals surface area contributed by atoms with Crippen molar-refractivity contribution in [1.29, 1.82) is 0 Å². The Balaban J connectivity index is 1.30. The molecule has 0 saturated carbocycles. The second-order valence-corrected chi connectivity index (χ2v) is 8.80. The Kier molecular flexibility index (Phi) is 6.74. The molecule has 1 aliphatic rings. The number of pyridine rings is 1. The third kappa shape index (κ3) is 5.25. The van der Waals surface area contributed by atoms with Gasteiger partial charge < -0.3 is 14.6 Å². The van der Waals surface area contributed by atoms with E-state index < -0.39 is 0 Å². The van der Waals surface area contributed by atoms with Crippen LogP contribution in [0.5, 0.6) is 0 Å². The third-order valence-corrected chi connectivity index (χ3v) is 6.52. The highest BCUT2D eigenvalue weighted by Gasteiger charge is 2.18. The fourth-order valence-corrected chi connectivity index (χ4v) is 4.43. The first-order valence-electron chi connectivity index (χ1n) is 10.4. The lowest BCUT2D eigenvalue weighted by atomic mass is 9.99. The average molecular weight is 422 g/mol. The Morgan fingerprint density at radius 3 is 2.70 bits per heavy atom. The van der Waals surface area contributed by atoms with Crippen LogP contribution in [0.15, 0.2) is 70.3 Å². The van der Waals surface area contributed by atoms with Gasteiger partial charge in [-0.1, -0.05) is 31.2 Å². The number of amides is 1. The van der Waals surface area contributed by atoms with Crippen LogP contribution in [0.25, 0.3) is 0 Å². The van der Waals surface area contributed by atoms with Crippen LogP contribution >= 0.6 is 11.8 Å². The fraction of sp³-hybridized carbons (Fsp3) is 0.333. The topological polar surface area (TPSA) is 58.4 Å². The maximum absolute atomic E-state index is 12.6. The predicted octanol–water partition coefficient (Wildman–Crippen LogP) is 5.13. The van der Waals surface area contributed by atoms with Crippen molar-refractivity contribution in [3.05, 3.63) is 77.9 Å². The summed E-state index contributed by atoms with van der Waals surface area (Å²) in [5.74, 6) is 2.69. The molecule has 1 fully saturated rings. The van der Waals surface area contributed by atoms with E-state index in [1.54, 1.807) is 18.0 Å². The zero-order valence-corrected chi connectivity index (χ0v) is 18.0. The summed E-state index contributed by atoms with van der Waals surface area (Å²) in [7, 11) is 0. The molecule has 0 aliphatic carbocycles. The van der Waals surface area contributed by atoms with Crippen molar-refractivity contribution in [3.63, 3.8) is 0 Å². The molecule has 1 amide bonds. The van der Waals surface area contributed by atoms with Gasteiger partial charge in [-0.3, -0.25) is 4.79 Å². The first kappa shape index (κ1) is 20.5. The van der Waals surface area contributed by atoms with Crippen molar-refractivity contribution in [3.8, 4) is 0 Å². The van der Waals surface area contributed by atoms with Gasteiger partial charge in [0.2, 0.25) is 0 Å². The molecule has 1 saturated heterocycles. The highest BCUT2D eigenvalue weighted by Crippen LogP contribution is 2.25.